The minimum Gasteiger partial charge on any atom is -0.494 e. The van der Waals surface area contributed by atoms with E-state index in [1.807, 2.05) is 19.1 Å². The number of carbonyl (C=O) groups excluding carboxylic acids is 1. The molecule has 0 atom stereocenters. The largest absolute Gasteiger partial charge is 0.494 e. The third-order valence-corrected chi connectivity index (χ3v) is 2.98. The first-order chi connectivity index (χ1) is 11.6. The van der Waals surface area contributed by atoms with E-state index in [4.69, 9.17) is 4.74 Å². The zero-order chi connectivity index (χ0) is 17.4. The Balaban J connectivity index is 2.00. The maximum Gasteiger partial charge on any atom is 0.387 e. The minimum atomic E-state index is -2.96. The molecule has 6 heteroatoms. The van der Waals surface area contributed by atoms with E-state index >= 15 is 0 Å². The third kappa shape index (κ3) is 5.39. The Morgan fingerprint density at radius 2 is 1.88 bits per heavy atom. The second-order valence-corrected chi connectivity index (χ2v) is 4.70. The second kappa shape index (κ2) is 8.67. The predicted octanol–water partition coefficient (Wildman–Crippen LogP) is 4.34. The zero-order valence-electron chi connectivity index (χ0n) is 13.0. The normalized spacial score (nSPS) is 10.8. The van der Waals surface area contributed by atoms with Crippen molar-refractivity contribution in [3.8, 4) is 11.5 Å². The highest BCUT2D eigenvalue weighted by molar-refractivity contribution is 6.02. The summed E-state index contributed by atoms with van der Waals surface area (Å²) in [4.78, 5) is 11.9. The minimum absolute atomic E-state index is 0.0877. The number of benzene rings is 2. The summed E-state index contributed by atoms with van der Waals surface area (Å²) in [7, 11) is 0. The Kier molecular flexibility index (Phi) is 6.31. The number of carbonyl (C=O) groups is 1. The van der Waals surface area contributed by atoms with Crippen LogP contribution in [0.25, 0.3) is 6.08 Å². The molecule has 2 rings (SSSR count). The van der Waals surface area contributed by atoms with Crippen molar-refractivity contribution in [1.29, 1.82) is 0 Å². The van der Waals surface area contributed by atoms with Crippen LogP contribution in [-0.2, 0) is 4.79 Å². The molecule has 4 nitrogen and oxygen atoms in total. The summed E-state index contributed by atoms with van der Waals surface area (Å²) < 4.78 is 34.4. The molecule has 2 aromatic carbocycles. The number of hydrogen-bond acceptors (Lipinski definition) is 3. The molecular weight excluding hydrogens is 316 g/mol. The van der Waals surface area contributed by atoms with Gasteiger partial charge in [-0.25, -0.2) is 0 Å². The van der Waals surface area contributed by atoms with Crippen molar-refractivity contribution in [3.05, 3.63) is 60.2 Å². The van der Waals surface area contributed by atoms with Crippen LogP contribution in [0.4, 0.5) is 14.5 Å². The number of hydrogen-bond donors (Lipinski definition) is 1. The summed E-state index contributed by atoms with van der Waals surface area (Å²) in [5, 5.41) is 2.51. The molecule has 126 valence electrons. The molecule has 0 saturated heterocycles. The summed E-state index contributed by atoms with van der Waals surface area (Å²) in [5.41, 5.74) is 0.991. The van der Waals surface area contributed by atoms with E-state index in [1.54, 1.807) is 30.3 Å². The van der Waals surface area contributed by atoms with Crippen molar-refractivity contribution < 1.29 is 23.0 Å². The van der Waals surface area contributed by atoms with Gasteiger partial charge in [-0.15, -0.1) is 0 Å². The summed E-state index contributed by atoms with van der Waals surface area (Å²) in [6, 6.07) is 13.2. The molecule has 0 heterocycles. The first-order valence-corrected chi connectivity index (χ1v) is 7.34. The van der Waals surface area contributed by atoms with Crippen LogP contribution in [-0.4, -0.2) is 19.1 Å². The van der Waals surface area contributed by atoms with Gasteiger partial charge in [-0.05, 0) is 42.8 Å². The van der Waals surface area contributed by atoms with Gasteiger partial charge < -0.3 is 14.8 Å². The number of anilines is 1. The average Bonchev–Trinajstić information content (AvgIpc) is 2.56. The van der Waals surface area contributed by atoms with Crippen LogP contribution in [0, 0.1) is 0 Å². The third-order valence-electron chi connectivity index (χ3n) is 2.98. The predicted molar refractivity (Wildman–Crippen MR) is 88.3 cm³/mol. The van der Waals surface area contributed by atoms with Gasteiger partial charge in [-0.3, -0.25) is 4.79 Å². The first-order valence-electron chi connectivity index (χ1n) is 7.34. The molecule has 1 amide bonds. The maximum absolute atomic E-state index is 12.3. The molecule has 0 saturated carbocycles. The number of amides is 1. The topological polar surface area (TPSA) is 47.6 Å². The SMILES string of the molecule is CCOc1ccc(/C=C/C(=O)Nc2ccccc2OC(F)F)cc1. The lowest BCUT2D eigenvalue weighted by atomic mass is 10.2. The molecule has 0 aliphatic heterocycles. The van der Waals surface area contributed by atoms with Gasteiger partial charge in [-0.1, -0.05) is 24.3 Å². The number of para-hydroxylation sites is 2. The summed E-state index contributed by atoms with van der Waals surface area (Å²) in [6.07, 6.45) is 2.93. The van der Waals surface area contributed by atoms with Crippen LogP contribution in [0.5, 0.6) is 11.5 Å². The fraction of sp³-hybridized carbons (Fsp3) is 0.167. The van der Waals surface area contributed by atoms with Crippen LogP contribution >= 0.6 is 0 Å². The highest BCUT2D eigenvalue weighted by Gasteiger charge is 2.10. The van der Waals surface area contributed by atoms with Gasteiger partial charge in [0.05, 0.1) is 12.3 Å². The standard InChI is InChI=1S/C18H17F2NO3/c1-2-23-14-10-7-13(8-11-14)9-12-17(22)21-15-5-3-4-6-16(15)24-18(19)20/h3-12,18H,2H2,1H3,(H,21,22)/b12-9+. The van der Waals surface area contributed by atoms with Crippen LogP contribution in [0.2, 0.25) is 0 Å². The Labute approximate surface area is 138 Å². The van der Waals surface area contributed by atoms with Gasteiger partial charge in [0.15, 0.2) is 0 Å². The fourth-order valence-electron chi connectivity index (χ4n) is 1.96. The summed E-state index contributed by atoms with van der Waals surface area (Å²) >= 11 is 0. The molecule has 0 spiro atoms. The van der Waals surface area contributed by atoms with Gasteiger partial charge >= 0.3 is 6.61 Å². The van der Waals surface area contributed by atoms with Gasteiger partial charge in [-0.2, -0.15) is 8.78 Å². The molecule has 0 unspecified atom stereocenters. The Hall–Kier alpha value is -2.89. The molecule has 0 radical (unpaired) electrons. The Bertz CT molecular complexity index is 700. The van der Waals surface area contributed by atoms with Crippen molar-refractivity contribution in [2.24, 2.45) is 0 Å². The molecule has 24 heavy (non-hydrogen) atoms. The zero-order valence-corrected chi connectivity index (χ0v) is 13.0. The first kappa shape index (κ1) is 17.5. The highest BCUT2D eigenvalue weighted by Crippen LogP contribution is 2.25. The molecule has 0 bridgehead atoms. The maximum atomic E-state index is 12.3. The van der Waals surface area contributed by atoms with Crippen molar-refractivity contribution in [3.63, 3.8) is 0 Å². The van der Waals surface area contributed by atoms with Gasteiger partial charge in [0.2, 0.25) is 5.91 Å². The van der Waals surface area contributed by atoms with E-state index in [0.717, 1.165) is 11.3 Å². The summed E-state index contributed by atoms with van der Waals surface area (Å²) in [6.45, 7) is -0.478. The van der Waals surface area contributed by atoms with Crippen LogP contribution in [0.1, 0.15) is 12.5 Å². The Morgan fingerprint density at radius 1 is 1.17 bits per heavy atom. The van der Waals surface area contributed by atoms with Crippen LogP contribution in [0.3, 0.4) is 0 Å². The van der Waals surface area contributed by atoms with Gasteiger partial charge in [0.1, 0.15) is 11.5 Å². The van der Waals surface area contributed by atoms with E-state index in [1.165, 1.54) is 18.2 Å². The lowest BCUT2D eigenvalue weighted by Crippen LogP contribution is -2.11. The fourth-order valence-corrected chi connectivity index (χ4v) is 1.96. The lowest BCUT2D eigenvalue weighted by Gasteiger charge is -2.10. The van der Waals surface area contributed by atoms with E-state index < -0.39 is 12.5 Å². The van der Waals surface area contributed by atoms with Crippen molar-refractivity contribution in [1.82, 2.24) is 0 Å². The lowest BCUT2D eigenvalue weighted by molar-refractivity contribution is -0.111. The van der Waals surface area contributed by atoms with Crippen molar-refractivity contribution in [2.45, 2.75) is 13.5 Å². The van der Waals surface area contributed by atoms with E-state index in [2.05, 4.69) is 10.1 Å². The molecule has 0 aliphatic rings. The average molecular weight is 333 g/mol. The quantitative estimate of drug-likeness (QED) is 0.767. The number of halogens is 2. The van der Waals surface area contributed by atoms with E-state index in [0.29, 0.717) is 6.61 Å². The molecule has 0 aromatic heterocycles. The smallest absolute Gasteiger partial charge is 0.387 e. The second-order valence-electron chi connectivity index (χ2n) is 4.70. The molecule has 1 N–H and O–H groups in total. The highest BCUT2D eigenvalue weighted by atomic mass is 19.3. The van der Waals surface area contributed by atoms with Crippen molar-refractivity contribution in [2.75, 3.05) is 11.9 Å². The van der Waals surface area contributed by atoms with Crippen molar-refractivity contribution >= 4 is 17.7 Å². The van der Waals surface area contributed by atoms with Crippen LogP contribution in [0.15, 0.2) is 54.6 Å². The van der Waals surface area contributed by atoms with E-state index in [-0.39, 0.29) is 11.4 Å². The molecule has 2 aromatic rings. The summed E-state index contributed by atoms with van der Waals surface area (Å²) in [5.74, 6) is 0.210. The number of rotatable bonds is 7. The number of alkyl halides is 2. The molecule has 0 aliphatic carbocycles. The monoisotopic (exact) mass is 333 g/mol. The van der Waals surface area contributed by atoms with Gasteiger partial charge in [0.25, 0.3) is 0 Å². The molecular formula is C18H17F2NO3. The number of ether oxygens (including phenoxy) is 2. The van der Waals surface area contributed by atoms with E-state index in [9.17, 15) is 13.6 Å². The molecule has 0 fully saturated rings. The van der Waals surface area contributed by atoms with Gasteiger partial charge in [0, 0.05) is 6.08 Å². The van der Waals surface area contributed by atoms with Crippen LogP contribution < -0.4 is 14.8 Å². The number of nitrogens with one attached hydrogen (secondary N) is 1. The Morgan fingerprint density at radius 3 is 2.54 bits per heavy atom.